The summed E-state index contributed by atoms with van der Waals surface area (Å²) in [6, 6.07) is 5.31. The van der Waals surface area contributed by atoms with Crippen LogP contribution in [0.3, 0.4) is 0 Å². The third kappa shape index (κ3) is 3.09. The number of halogens is 1. The largest absolute Gasteiger partial charge is 0.354 e. The fourth-order valence-corrected chi connectivity index (χ4v) is 3.12. The molecule has 0 aromatic carbocycles. The third-order valence-corrected chi connectivity index (χ3v) is 5.05. The highest BCUT2D eigenvalue weighted by atomic mass is 35.5. The van der Waals surface area contributed by atoms with Gasteiger partial charge in [0.2, 0.25) is 0 Å². The van der Waals surface area contributed by atoms with E-state index in [9.17, 15) is 0 Å². The number of aromatic nitrogens is 1. The average molecular weight is 294 g/mol. The van der Waals surface area contributed by atoms with Crippen molar-refractivity contribution in [3.05, 3.63) is 22.8 Å². The quantitative estimate of drug-likeness (QED) is 0.919. The van der Waals surface area contributed by atoms with Crippen LogP contribution < -0.4 is 10.2 Å². The average Bonchev–Trinajstić information content (AvgIpc) is 3.25. The van der Waals surface area contributed by atoms with E-state index < -0.39 is 0 Å². The zero-order valence-corrected chi connectivity index (χ0v) is 13.2. The molecular formula is C16H24ClN3. The number of pyridine rings is 1. The van der Waals surface area contributed by atoms with Gasteiger partial charge in [-0.1, -0.05) is 18.5 Å². The first-order chi connectivity index (χ1) is 9.65. The number of piperidine rings is 1. The van der Waals surface area contributed by atoms with Gasteiger partial charge in [-0.15, -0.1) is 0 Å². The summed E-state index contributed by atoms with van der Waals surface area (Å²) in [4.78, 5) is 7.25. The van der Waals surface area contributed by atoms with Gasteiger partial charge in [-0.05, 0) is 50.7 Å². The lowest BCUT2D eigenvalue weighted by molar-refractivity contribution is 0.361. The molecule has 0 amide bonds. The van der Waals surface area contributed by atoms with Crippen molar-refractivity contribution in [3.63, 3.8) is 0 Å². The predicted molar refractivity (Wildman–Crippen MR) is 84.3 cm³/mol. The highest BCUT2D eigenvalue weighted by Crippen LogP contribution is 2.29. The molecule has 2 aliphatic rings. The van der Waals surface area contributed by atoms with Gasteiger partial charge >= 0.3 is 0 Å². The second kappa shape index (κ2) is 5.90. The van der Waals surface area contributed by atoms with Crippen molar-refractivity contribution in [1.82, 2.24) is 10.3 Å². The molecule has 1 saturated heterocycles. The molecule has 2 fully saturated rings. The summed E-state index contributed by atoms with van der Waals surface area (Å²) in [6.07, 6.45) is 5.16. The first-order valence-electron chi connectivity index (χ1n) is 7.80. The predicted octanol–water partition coefficient (Wildman–Crippen LogP) is 3.61. The molecule has 4 heteroatoms. The standard InChI is InChI=1S/C16H24ClN3/c1-11-4-3-9-20(12(11)2)16-8-7-14(17)15(19-16)10-18-13-5-6-13/h7-8,11-13,18H,3-6,9-10H2,1-2H3. The molecule has 2 atom stereocenters. The molecule has 3 rings (SSSR count). The molecule has 1 saturated carbocycles. The van der Waals surface area contributed by atoms with Crippen molar-refractivity contribution in [2.45, 2.75) is 58.2 Å². The minimum Gasteiger partial charge on any atom is -0.354 e. The highest BCUT2D eigenvalue weighted by Gasteiger charge is 2.26. The Morgan fingerprint density at radius 1 is 1.30 bits per heavy atom. The second-order valence-electron chi connectivity index (χ2n) is 6.31. The maximum absolute atomic E-state index is 6.28. The Morgan fingerprint density at radius 3 is 2.85 bits per heavy atom. The summed E-state index contributed by atoms with van der Waals surface area (Å²) < 4.78 is 0. The molecule has 2 heterocycles. The molecule has 1 N–H and O–H groups in total. The fraction of sp³-hybridized carbons (Fsp3) is 0.688. The maximum Gasteiger partial charge on any atom is 0.129 e. The number of nitrogens with one attached hydrogen (secondary N) is 1. The molecule has 1 aromatic heterocycles. The van der Waals surface area contributed by atoms with E-state index in [0.717, 1.165) is 35.5 Å². The Hall–Kier alpha value is -0.800. The normalized spacial score (nSPS) is 26.9. The minimum absolute atomic E-state index is 0.557. The van der Waals surface area contributed by atoms with E-state index in [-0.39, 0.29) is 0 Å². The lowest BCUT2D eigenvalue weighted by Crippen LogP contribution is -2.43. The molecule has 1 aromatic rings. The topological polar surface area (TPSA) is 28.2 Å². The van der Waals surface area contributed by atoms with Crippen LogP contribution >= 0.6 is 11.6 Å². The molecule has 1 aliphatic heterocycles. The smallest absolute Gasteiger partial charge is 0.129 e. The van der Waals surface area contributed by atoms with Crippen molar-refractivity contribution >= 4 is 17.4 Å². The first kappa shape index (κ1) is 14.2. The van der Waals surface area contributed by atoms with E-state index in [1.807, 2.05) is 6.07 Å². The number of rotatable bonds is 4. The van der Waals surface area contributed by atoms with Crippen molar-refractivity contribution in [2.75, 3.05) is 11.4 Å². The van der Waals surface area contributed by atoms with Crippen LogP contribution in [0.2, 0.25) is 5.02 Å². The Bertz CT molecular complexity index is 473. The SMILES string of the molecule is CC1CCCN(c2ccc(Cl)c(CNC3CC3)n2)C1C. The van der Waals surface area contributed by atoms with Gasteiger partial charge in [0.05, 0.1) is 10.7 Å². The summed E-state index contributed by atoms with van der Waals surface area (Å²) in [5.74, 6) is 1.82. The minimum atomic E-state index is 0.557. The van der Waals surface area contributed by atoms with E-state index in [2.05, 4.69) is 30.1 Å². The van der Waals surface area contributed by atoms with Crippen LogP contribution in [-0.2, 0) is 6.54 Å². The number of nitrogens with zero attached hydrogens (tertiary/aromatic N) is 2. The monoisotopic (exact) mass is 293 g/mol. The van der Waals surface area contributed by atoms with Gasteiger partial charge in [-0.25, -0.2) is 4.98 Å². The molecule has 20 heavy (non-hydrogen) atoms. The summed E-state index contributed by atoms with van der Waals surface area (Å²) in [5.41, 5.74) is 0.987. The summed E-state index contributed by atoms with van der Waals surface area (Å²) >= 11 is 6.28. The highest BCUT2D eigenvalue weighted by molar-refractivity contribution is 6.31. The van der Waals surface area contributed by atoms with Gasteiger partial charge in [0.25, 0.3) is 0 Å². The molecular weight excluding hydrogens is 270 g/mol. The van der Waals surface area contributed by atoms with Crippen LogP contribution in [-0.4, -0.2) is 23.6 Å². The third-order valence-electron chi connectivity index (χ3n) is 4.71. The summed E-state index contributed by atoms with van der Waals surface area (Å²) in [7, 11) is 0. The van der Waals surface area contributed by atoms with Crippen LogP contribution in [0.4, 0.5) is 5.82 Å². The van der Waals surface area contributed by atoms with E-state index in [1.165, 1.54) is 25.7 Å². The molecule has 3 nitrogen and oxygen atoms in total. The first-order valence-corrected chi connectivity index (χ1v) is 8.18. The summed E-state index contributed by atoms with van der Waals surface area (Å²) in [6.45, 7) is 6.54. The van der Waals surface area contributed by atoms with Crippen LogP contribution in [0, 0.1) is 5.92 Å². The van der Waals surface area contributed by atoms with E-state index in [1.54, 1.807) is 0 Å². The van der Waals surface area contributed by atoms with Gasteiger partial charge in [0, 0.05) is 25.2 Å². The van der Waals surface area contributed by atoms with E-state index in [0.29, 0.717) is 12.1 Å². The van der Waals surface area contributed by atoms with Gasteiger partial charge in [0.15, 0.2) is 0 Å². The van der Waals surface area contributed by atoms with Crippen LogP contribution in [0.15, 0.2) is 12.1 Å². The lowest BCUT2D eigenvalue weighted by atomic mass is 9.92. The lowest BCUT2D eigenvalue weighted by Gasteiger charge is -2.39. The molecule has 0 radical (unpaired) electrons. The van der Waals surface area contributed by atoms with Gasteiger partial charge in [0.1, 0.15) is 5.82 Å². The number of hydrogen-bond donors (Lipinski definition) is 1. The Balaban J connectivity index is 1.76. The van der Waals surface area contributed by atoms with Crippen molar-refractivity contribution in [3.8, 4) is 0 Å². The molecule has 1 aliphatic carbocycles. The summed E-state index contributed by atoms with van der Waals surface area (Å²) in [5, 5.41) is 4.28. The Labute approximate surface area is 126 Å². The van der Waals surface area contributed by atoms with Gasteiger partial charge in [-0.2, -0.15) is 0 Å². The molecule has 2 unspecified atom stereocenters. The van der Waals surface area contributed by atoms with Crippen molar-refractivity contribution in [2.24, 2.45) is 5.92 Å². The molecule has 0 spiro atoms. The van der Waals surface area contributed by atoms with Crippen LogP contribution in [0.5, 0.6) is 0 Å². The maximum atomic E-state index is 6.28. The Kier molecular flexibility index (Phi) is 4.18. The van der Waals surface area contributed by atoms with Crippen LogP contribution in [0.25, 0.3) is 0 Å². The van der Waals surface area contributed by atoms with E-state index in [4.69, 9.17) is 16.6 Å². The molecule has 110 valence electrons. The van der Waals surface area contributed by atoms with E-state index >= 15 is 0 Å². The zero-order valence-electron chi connectivity index (χ0n) is 12.4. The van der Waals surface area contributed by atoms with Gasteiger partial charge < -0.3 is 10.2 Å². The van der Waals surface area contributed by atoms with Crippen molar-refractivity contribution in [1.29, 1.82) is 0 Å². The van der Waals surface area contributed by atoms with Crippen molar-refractivity contribution < 1.29 is 0 Å². The fourth-order valence-electron chi connectivity index (χ4n) is 2.94. The second-order valence-corrected chi connectivity index (χ2v) is 6.71. The van der Waals surface area contributed by atoms with Crippen LogP contribution in [0.1, 0.15) is 45.2 Å². The Morgan fingerprint density at radius 2 is 2.10 bits per heavy atom. The number of hydrogen-bond acceptors (Lipinski definition) is 3. The zero-order chi connectivity index (χ0) is 14.1. The number of anilines is 1. The van der Waals surface area contributed by atoms with Gasteiger partial charge in [-0.3, -0.25) is 0 Å². The molecule has 0 bridgehead atoms.